The highest BCUT2D eigenvalue weighted by molar-refractivity contribution is 9.10. The summed E-state index contributed by atoms with van der Waals surface area (Å²) in [4.78, 5) is 38.4. The van der Waals surface area contributed by atoms with Crippen LogP contribution in [-0.4, -0.2) is 52.7 Å². The van der Waals surface area contributed by atoms with E-state index in [1.165, 1.54) is 0 Å². The number of nitrogen functional groups attached to an aromatic ring is 1. The number of nitrogens with zero attached hydrogens (tertiary/aromatic N) is 4. The van der Waals surface area contributed by atoms with E-state index >= 15 is 0 Å². The quantitative estimate of drug-likeness (QED) is 0.548. The fourth-order valence-electron chi connectivity index (χ4n) is 3.77. The van der Waals surface area contributed by atoms with E-state index in [2.05, 4.69) is 30.8 Å². The number of amides is 1. The Morgan fingerprint density at radius 3 is 2.62 bits per heavy atom. The first-order chi connectivity index (χ1) is 15.5. The van der Waals surface area contributed by atoms with Gasteiger partial charge in [0.25, 0.3) is 0 Å². The van der Waals surface area contributed by atoms with E-state index in [0.717, 1.165) is 24.3 Å². The summed E-state index contributed by atoms with van der Waals surface area (Å²) >= 11 is 3.33. The maximum Gasteiger partial charge on any atom is 0.227 e. The molecule has 0 spiro atoms. The molecule has 4 rings (SSSR count). The lowest BCUT2D eigenvalue weighted by atomic mass is 10.1. The standard InChI is InChI=1S/C24H24BrN5O2/c25-18-15-19(24(26)27-16-18)23(32)20-8-4-9-21(28-20)29-10-5-11-30(13-12-29)22(31)14-17-6-2-1-3-7-17/h1-4,6-9,15-16H,5,10-14H2,(H2,26,27). The van der Waals surface area contributed by atoms with Gasteiger partial charge in [0.15, 0.2) is 0 Å². The number of halogens is 1. The molecular weight excluding hydrogens is 470 g/mol. The molecule has 8 heteroatoms. The minimum Gasteiger partial charge on any atom is -0.383 e. The molecule has 2 aromatic heterocycles. The van der Waals surface area contributed by atoms with Gasteiger partial charge in [-0.05, 0) is 46.1 Å². The average Bonchev–Trinajstić information content (AvgIpc) is 3.07. The second-order valence-electron chi connectivity index (χ2n) is 7.68. The van der Waals surface area contributed by atoms with Crippen molar-refractivity contribution in [1.82, 2.24) is 14.9 Å². The lowest BCUT2D eigenvalue weighted by Gasteiger charge is -2.23. The van der Waals surface area contributed by atoms with E-state index < -0.39 is 0 Å². The molecule has 3 aromatic rings. The zero-order valence-electron chi connectivity index (χ0n) is 17.6. The van der Waals surface area contributed by atoms with Crippen LogP contribution in [0.4, 0.5) is 11.6 Å². The SMILES string of the molecule is Nc1ncc(Br)cc1C(=O)c1cccc(N2CCCN(C(=O)Cc3ccccc3)CC2)n1. The van der Waals surface area contributed by atoms with E-state index in [1.807, 2.05) is 47.4 Å². The van der Waals surface area contributed by atoms with Gasteiger partial charge >= 0.3 is 0 Å². The van der Waals surface area contributed by atoms with Gasteiger partial charge in [-0.3, -0.25) is 9.59 Å². The van der Waals surface area contributed by atoms with Gasteiger partial charge in [0.05, 0.1) is 12.0 Å². The first kappa shape index (κ1) is 22.0. The van der Waals surface area contributed by atoms with E-state index in [-0.39, 0.29) is 17.5 Å². The third-order valence-electron chi connectivity index (χ3n) is 5.47. The van der Waals surface area contributed by atoms with Crippen LogP contribution in [0.2, 0.25) is 0 Å². The number of carbonyl (C=O) groups excluding carboxylic acids is 2. The highest BCUT2D eigenvalue weighted by atomic mass is 79.9. The molecule has 1 aromatic carbocycles. The zero-order chi connectivity index (χ0) is 22.5. The summed E-state index contributed by atoms with van der Waals surface area (Å²) < 4.78 is 0.680. The number of benzene rings is 1. The molecule has 0 radical (unpaired) electrons. The minimum absolute atomic E-state index is 0.132. The van der Waals surface area contributed by atoms with Gasteiger partial charge in [0.2, 0.25) is 11.7 Å². The van der Waals surface area contributed by atoms with Crippen molar-refractivity contribution in [3.8, 4) is 0 Å². The lowest BCUT2D eigenvalue weighted by molar-refractivity contribution is -0.130. The minimum atomic E-state index is -0.271. The van der Waals surface area contributed by atoms with E-state index in [0.29, 0.717) is 41.8 Å². The zero-order valence-corrected chi connectivity index (χ0v) is 19.2. The molecule has 1 aliphatic heterocycles. The number of hydrogen-bond acceptors (Lipinski definition) is 6. The molecule has 164 valence electrons. The highest BCUT2D eigenvalue weighted by Gasteiger charge is 2.21. The second kappa shape index (κ2) is 9.91. The Morgan fingerprint density at radius 2 is 1.81 bits per heavy atom. The van der Waals surface area contributed by atoms with Crippen molar-refractivity contribution in [1.29, 1.82) is 0 Å². The molecule has 0 saturated carbocycles. The van der Waals surface area contributed by atoms with Gasteiger partial charge in [-0.2, -0.15) is 0 Å². The number of carbonyl (C=O) groups is 2. The molecule has 0 unspecified atom stereocenters. The third kappa shape index (κ3) is 5.13. The molecule has 0 bridgehead atoms. The normalized spacial score (nSPS) is 14.2. The number of hydrogen-bond donors (Lipinski definition) is 1. The summed E-state index contributed by atoms with van der Waals surface area (Å²) in [7, 11) is 0. The summed E-state index contributed by atoms with van der Waals surface area (Å²) in [6.45, 7) is 2.75. The Balaban J connectivity index is 1.45. The van der Waals surface area contributed by atoms with Crippen LogP contribution in [-0.2, 0) is 11.2 Å². The summed E-state index contributed by atoms with van der Waals surface area (Å²) in [5, 5.41) is 0. The maximum absolute atomic E-state index is 13.0. The van der Waals surface area contributed by atoms with E-state index in [9.17, 15) is 9.59 Å². The molecular formula is C24H24BrN5O2. The Kier molecular flexibility index (Phi) is 6.80. The Morgan fingerprint density at radius 1 is 1.00 bits per heavy atom. The summed E-state index contributed by atoms with van der Waals surface area (Å²) in [6.07, 6.45) is 2.80. The second-order valence-corrected chi connectivity index (χ2v) is 8.60. The molecule has 0 aliphatic carbocycles. The molecule has 2 N–H and O–H groups in total. The smallest absolute Gasteiger partial charge is 0.227 e. The highest BCUT2D eigenvalue weighted by Crippen LogP contribution is 2.21. The fourth-order valence-corrected chi connectivity index (χ4v) is 4.11. The van der Waals surface area contributed by atoms with Crippen LogP contribution in [0.15, 0.2) is 65.3 Å². The predicted molar refractivity (Wildman–Crippen MR) is 128 cm³/mol. The Hall–Kier alpha value is -3.26. The molecule has 1 saturated heterocycles. The van der Waals surface area contributed by atoms with Gasteiger partial charge in [-0.1, -0.05) is 36.4 Å². The van der Waals surface area contributed by atoms with Gasteiger partial charge in [-0.25, -0.2) is 9.97 Å². The number of nitrogens with two attached hydrogens (primary N) is 1. The Labute approximate surface area is 195 Å². The van der Waals surface area contributed by atoms with Crippen molar-refractivity contribution in [2.45, 2.75) is 12.8 Å². The Bertz CT molecular complexity index is 1120. The molecule has 32 heavy (non-hydrogen) atoms. The first-order valence-electron chi connectivity index (χ1n) is 10.5. The molecule has 1 aliphatic rings. The van der Waals surface area contributed by atoms with Crippen molar-refractivity contribution < 1.29 is 9.59 Å². The van der Waals surface area contributed by atoms with Crippen LogP contribution < -0.4 is 10.6 Å². The predicted octanol–water partition coefficient (Wildman–Crippen LogP) is 3.33. The van der Waals surface area contributed by atoms with E-state index in [4.69, 9.17) is 5.73 Å². The number of pyridine rings is 2. The number of aromatic nitrogens is 2. The largest absolute Gasteiger partial charge is 0.383 e. The van der Waals surface area contributed by atoms with Crippen LogP contribution >= 0.6 is 15.9 Å². The summed E-state index contributed by atoms with van der Waals surface area (Å²) in [6, 6.07) is 16.8. The van der Waals surface area contributed by atoms with Crippen molar-refractivity contribution in [2.75, 3.05) is 36.8 Å². The van der Waals surface area contributed by atoms with Crippen molar-refractivity contribution in [3.63, 3.8) is 0 Å². The van der Waals surface area contributed by atoms with Crippen LogP contribution in [0, 0.1) is 0 Å². The van der Waals surface area contributed by atoms with Crippen LogP contribution in [0.5, 0.6) is 0 Å². The van der Waals surface area contributed by atoms with Gasteiger partial charge in [0.1, 0.15) is 17.3 Å². The topological polar surface area (TPSA) is 92.4 Å². The van der Waals surface area contributed by atoms with Crippen LogP contribution in [0.3, 0.4) is 0 Å². The summed E-state index contributed by atoms with van der Waals surface area (Å²) in [5.41, 5.74) is 7.55. The number of anilines is 2. The lowest BCUT2D eigenvalue weighted by Crippen LogP contribution is -2.36. The fraction of sp³-hybridized carbons (Fsp3) is 0.250. The average molecular weight is 494 g/mol. The molecule has 1 fully saturated rings. The van der Waals surface area contributed by atoms with Crippen molar-refractivity contribution in [3.05, 3.63) is 82.1 Å². The van der Waals surface area contributed by atoms with Crippen molar-refractivity contribution in [2.24, 2.45) is 0 Å². The number of rotatable bonds is 5. The van der Waals surface area contributed by atoms with Crippen LogP contribution in [0.1, 0.15) is 28.0 Å². The monoisotopic (exact) mass is 493 g/mol. The summed E-state index contributed by atoms with van der Waals surface area (Å²) in [5.74, 6) is 0.752. The number of ketones is 1. The maximum atomic E-state index is 13.0. The van der Waals surface area contributed by atoms with Crippen molar-refractivity contribution >= 4 is 39.3 Å². The van der Waals surface area contributed by atoms with Crippen LogP contribution in [0.25, 0.3) is 0 Å². The molecule has 3 heterocycles. The third-order valence-corrected chi connectivity index (χ3v) is 5.90. The molecule has 7 nitrogen and oxygen atoms in total. The van der Waals surface area contributed by atoms with Gasteiger partial charge < -0.3 is 15.5 Å². The molecule has 0 atom stereocenters. The molecule has 1 amide bonds. The first-order valence-corrected chi connectivity index (χ1v) is 11.3. The van der Waals surface area contributed by atoms with E-state index in [1.54, 1.807) is 18.3 Å². The van der Waals surface area contributed by atoms with Gasteiger partial charge in [-0.15, -0.1) is 0 Å². The van der Waals surface area contributed by atoms with Gasteiger partial charge in [0, 0.05) is 36.8 Å².